The summed E-state index contributed by atoms with van der Waals surface area (Å²) in [7, 11) is 3.30. The summed E-state index contributed by atoms with van der Waals surface area (Å²) in [6, 6.07) is 9.16. The van der Waals surface area contributed by atoms with Crippen LogP contribution in [0.3, 0.4) is 0 Å². The summed E-state index contributed by atoms with van der Waals surface area (Å²) >= 11 is 1.04. The monoisotopic (exact) mass is 336 g/mol. The van der Waals surface area contributed by atoms with Crippen molar-refractivity contribution in [3.63, 3.8) is 0 Å². The van der Waals surface area contributed by atoms with E-state index in [9.17, 15) is 18.4 Å². The normalized spacial score (nSPS) is 10.3. The number of halogens is 2. The van der Waals surface area contributed by atoms with Gasteiger partial charge in [-0.25, -0.2) is 8.78 Å². The summed E-state index contributed by atoms with van der Waals surface area (Å²) < 4.78 is 26.6. The third kappa shape index (κ3) is 4.53. The zero-order valence-electron chi connectivity index (χ0n) is 12.5. The zero-order valence-corrected chi connectivity index (χ0v) is 13.3. The first-order valence-corrected chi connectivity index (χ1v) is 7.44. The molecule has 2 amide bonds. The minimum atomic E-state index is -0.798. The first-order valence-electron chi connectivity index (χ1n) is 6.62. The van der Waals surface area contributed by atoms with E-state index in [4.69, 9.17) is 0 Å². The van der Waals surface area contributed by atoms with Crippen LogP contribution in [0.25, 0.3) is 0 Å². The lowest BCUT2D eigenvalue weighted by Gasteiger charge is -2.10. The van der Waals surface area contributed by atoms with Gasteiger partial charge in [0.1, 0.15) is 11.6 Å². The van der Waals surface area contributed by atoms with Gasteiger partial charge in [0.15, 0.2) is 0 Å². The maximum atomic E-state index is 13.5. The van der Waals surface area contributed by atoms with Crippen molar-refractivity contribution in [1.82, 2.24) is 4.90 Å². The van der Waals surface area contributed by atoms with Crippen molar-refractivity contribution >= 4 is 28.6 Å². The molecule has 7 heteroatoms. The van der Waals surface area contributed by atoms with Crippen molar-refractivity contribution in [2.45, 2.75) is 4.90 Å². The maximum Gasteiger partial charge on any atom is 0.285 e. The third-order valence-electron chi connectivity index (χ3n) is 2.86. The lowest BCUT2D eigenvalue weighted by Crippen LogP contribution is -2.16. The van der Waals surface area contributed by atoms with Gasteiger partial charge in [0, 0.05) is 24.7 Å². The number of thioether (sulfide) groups is 1. The fourth-order valence-electron chi connectivity index (χ4n) is 1.67. The number of nitrogens with one attached hydrogen (secondary N) is 1. The van der Waals surface area contributed by atoms with Crippen molar-refractivity contribution in [2.24, 2.45) is 0 Å². The van der Waals surface area contributed by atoms with Crippen LogP contribution < -0.4 is 5.32 Å². The van der Waals surface area contributed by atoms with E-state index in [0.29, 0.717) is 10.6 Å². The number of amides is 2. The van der Waals surface area contributed by atoms with E-state index in [1.54, 1.807) is 38.4 Å². The van der Waals surface area contributed by atoms with Crippen LogP contribution in [0.5, 0.6) is 0 Å². The molecule has 1 N–H and O–H groups in total. The Labute approximate surface area is 136 Å². The Morgan fingerprint density at radius 1 is 1.04 bits per heavy atom. The second kappa shape index (κ2) is 7.23. The lowest BCUT2D eigenvalue weighted by molar-refractivity contribution is 0.102. The predicted octanol–water partition coefficient (Wildman–Crippen LogP) is 3.99. The van der Waals surface area contributed by atoms with E-state index >= 15 is 0 Å². The molecule has 0 aliphatic heterocycles. The van der Waals surface area contributed by atoms with E-state index in [2.05, 4.69) is 5.32 Å². The van der Waals surface area contributed by atoms with Gasteiger partial charge in [-0.05, 0) is 54.2 Å². The molecule has 0 saturated heterocycles. The molecule has 2 aromatic carbocycles. The second-order valence-corrected chi connectivity index (χ2v) is 5.89. The Morgan fingerprint density at radius 3 is 2.30 bits per heavy atom. The maximum absolute atomic E-state index is 13.5. The molecule has 0 spiro atoms. The van der Waals surface area contributed by atoms with Gasteiger partial charge in [0.25, 0.3) is 11.1 Å². The highest BCUT2D eigenvalue weighted by Crippen LogP contribution is 2.23. The topological polar surface area (TPSA) is 49.4 Å². The van der Waals surface area contributed by atoms with Crippen molar-refractivity contribution < 1.29 is 18.4 Å². The van der Waals surface area contributed by atoms with Gasteiger partial charge in [0.2, 0.25) is 0 Å². The minimum absolute atomic E-state index is 0.122. The summed E-state index contributed by atoms with van der Waals surface area (Å²) in [4.78, 5) is 25.7. The van der Waals surface area contributed by atoms with E-state index in [-0.39, 0.29) is 10.8 Å². The number of anilines is 1. The standard InChI is InChI=1S/C16H14F2N2O2S/c1-20(2)16(22)23-12-6-4-11(5-7-12)19-15(21)13-9-10(17)3-8-14(13)18/h3-9H,1-2H3,(H,19,21). The second-order valence-electron chi connectivity index (χ2n) is 4.87. The molecule has 2 rings (SSSR count). The number of benzene rings is 2. The molecule has 4 nitrogen and oxygen atoms in total. The highest BCUT2D eigenvalue weighted by atomic mass is 32.2. The molecular formula is C16H14F2N2O2S. The molecule has 0 fully saturated rings. The summed E-state index contributed by atoms with van der Waals surface area (Å²) in [5, 5.41) is 2.36. The van der Waals surface area contributed by atoms with E-state index < -0.39 is 17.5 Å². The molecule has 0 radical (unpaired) electrons. The van der Waals surface area contributed by atoms with E-state index in [0.717, 1.165) is 30.0 Å². The Hall–Kier alpha value is -2.41. The smallest absolute Gasteiger partial charge is 0.285 e. The summed E-state index contributed by atoms with van der Waals surface area (Å²) in [6.45, 7) is 0. The van der Waals surface area contributed by atoms with Gasteiger partial charge >= 0.3 is 0 Å². The Bertz CT molecular complexity index is 733. The molecule has 0 aliphatic rings. The molecule has 0 aromatic heterocycles. The number of carbonyl (C=O) groups is 2. The molecule has 0 aliphatic carbocycles. The number of hydrogen-bond donors (Lipinski definition) is 1. The van der Waals surface area contributed by atoms with Crippen LogP contribution in [0.15, 0.2) is 47.4 Å². The highest BCUT2D eigenvalue weighted by Gasteiger charge is 2.13. The van der Waals surface area contributed by atoms with Gasteiger partial charge in [-0.1, -0.05) is 0 Å². The van der Waals surface area contributed by atoms with Crippen LogP contribution in [0.1, 0.15) is 10.4 Å². The van der Waals surface area contributed by atoms with Crippen molar-refractivity contribution in [1.29, 1.82) is 0 Å². The zero-order chi connectivity index (χ0) is 17.0. The minimum Gasteiger partial charge on any atom is -0.339 e. The molecule has 120 valence electrons. The van der Waals surface area contributed by atoms with Crippen molar-refractivity contribution in [3.05, 3.63) is 59.7 Å². The summed E-state index contributed by atoms with van der Waals surface area (Å²) in [6.07, 6.45) is 0. The predicted molar refractivity (Wildman–Crippen MR) is 85.7 cm³/mol. The van der Waals surface area contributed by atoms with Gasteiger partial charge in [-0.3, -0.25) is 9.59 Å². The first kappa shape index (κ1) is 17.0. The van der Waals surface area contributed by atoms with Crippen LogP contribution in [0.4, 0.5) is 19.3 Å². The molecule has 0 saturated carbocycles. The van der Waals surface area contributed by atoms with Crippen LogP contribution in [0, 0.1) is 11.6 Å². The van der Waals surface area contributed by atoms with Gasteiger partial charge in [-0.15, -0.1) is 0 Å². The largest absolute Gasteiger partial charge is 0.339 e. The Kier molecular flexibility index (Phi) is 5.33. The average molecular weight is 336 g/mol. The Balaban J connectivity index is 2.07. The molecule has 0 atom stereocenters. The molecule has 0 bridgehead atoms. The van der Waals surface area contributed by atoms with Crippen molar-refractivity contribution in [3.8, 4) is 0 Å². The van der Waals surface area contributed by atoms with Crippen LogP contribution in [-0.4, -0.2) is 30.1 Å². The number of hydrogen-bond acceptors (Lipinski definition) is 3. The fourth-order valence-corrected chi connectivity index (χ4v) is 2.32. The molecule has 0 unspecified atom stereocenters. The van der Waals surface area contributed by atoms with Gasteiger partial charge in [0.05, 0.1) is 5.56 Å². The number of carbonyl (C=O) groups excluding carboxylic acids is 2. The summed E-state index contributed by atoms with van der Waals surface area (Å²) in [5.41, 5.74) is 0.0477. The summed E-state index contributed by atoms with van der Waals surface area (Å²) in [5.74, 6) is -2.23. The molecular weight excluding hydrogens is 322 g/mol. The van der Waals surface area contributed by atoms with Crippen LogP contribution in [0.2, 0.25) is 0 Å². The fraction of sp³-hybridized carbons (Fsp3) is 0.125. The molecule has 23 heavy (non-hydrogen) atoms. The average Bonchev–Trinajstić information content (AvgIpc) is 2.51. The van der Waals surface area contributed by atoms with E-state index in [1.807, 2.05) is 0 Å². The number of rotatable bonds is 3. The number of nitrogens with zero attached hydrogens (tertiary/aromatic N) is 1. The van der Waals surface area contributed by atoms with Gasteiger partial charge in [-0.2, -0.15) is 0 Å². The Morgan fingerprint density at radius 2 is 1.70 bits per heavy atom. The highest BCUT2D eigenvalue weighted by molar-refractivity contribution is 8.13. The molecule has 0 heterocycles. The molecule has 2 aromatic rings. The third-order valence-corrected chi connectivity index (χ3v) is 3.90. The van der Waals surface area contributed by atoms with Crippen LogP contribution in [-0.2, 0) is 0 Å². The van der Waals surface area contributed by atoms with E-state index in [1.165, 1.54) is 4.90 Å². The van der Waals surface area contributed by atoms with Gasteiger partial charge < -0.3 is 10.2 Å². The quantitative estimate of drug-likeness (QED) is 0.862. The van der Waals surface area contributed by atoms with Crippen LogP contribution >= 0.6 is 11.8 Å². The van der Waals surface area contributed by atoms with Crippen molar-refractivity contribution in [2.75, 3.05) is 19.4 Å². The lowest BCUT2D eigenvalue weighted by atomic mass is 10.2. The SMILES string of the molecule is CN(C)C(=O)Sc1ccc(NC(=O)c2cc(F)ccc2F)cc1. The first-order chi connectivity index (χ1) is 10.9.